The van der Waals surface area contributed by atoms with E-state index in [2.05, 4.69) is 4.98 Å². The maximum Gasteiger partial charge on any atom is 0.147 e. The van der Waals surface area contributed by atoms with E-state index in [1.54, 1.807) is 15.8 Å². The van der Waals surface area contributed by atoms with E-state index in [0.29, 0.717) is 24.5 Å². The van der Waals surface area contributed by atoms with Crippen molar-refractivity contribution >= 4 is 17.0 Å². The van der Waals surface area contributed by atoms with Crippen LogP contribution in [0, 0.1) is 11.6 Å². The molecule has 0 amide bonds. The second-order valence-corrected chi connectivity index (χ2v) is 4.55. The minimum atomic E-state index is -0.441. The van der Waals surface area contributed by atoms with Gasteiger partial charge in [0.1, 0.15) is 11.6 Å². The number of halogens is 2. The smallest absolute Gasteiger partial charge is 0.147 e. The second-order valence-electron chi connectivity index (χ2n) is 3.83. The second kappa shape index (κ2) is 5.44. The van der Waals surface area contributed by atoms with E-state index in [9.17, 15) is 8.78 Å². The number of thiazole rings is 1. The van der Waals surface area contributed by atoms with E-state index < -0.39 is 11.6 Å². The summed E-state index contributed by atoms with van der Waals surface area (Å²) in [6.45, 7) is 5.11. The average Bonchev–Trinajstić information content (AvgIpc) is 2.88. The Balaban J connectivity index is 2.47. The van der Waals surface area contributed by atoms with Gasteiger partial charge < -0.3 is 4.90 Å². The molecule has 0 unspecified atom stereocenters. The Hall–Kier alpha value is -1.49. The molecule has 2 rings (SSSR count). The molecule has 0 spiro atoms. The van der Waals surface area contributed by atoms with Crippen molar-refractivity contribution in [2.75, 3.05) is 18.0 Å². The van der Waals surface area contributed by atoms with Crippen molar-refractivity contribution in [3.05, 3.63) is 34.7 Å². The number of benzene rings is 1. The van der Waals surface area contributed by atoms with Gasteiger partial charge in [-0.05, 0) is 19.9 Å². The summed E-state index contributed by atoms with van der Waals surface area (Å²) >= 11 is 1.36. The van der Waals surface area contributed by atoms with Crippen LogP contribution < -0.4 is 4.90 Å². The Bertz CT molecular complexity index is 522. The fraction of sp³-hybridized carbons (Fsp3) is 0.308. The third-order valence-corrected chi connectivity index (χ3v) is 3.44. The predicted molar refractivity (Wildman–Crippen MR) is 71.0 cm³/mol. The summed E-state index contributed by atoms with van der Waals surface area (Å²) in [6, 6.07) is 2.47. The predicted octanol–water partition coefficient (Wildman–Crippen LogP) is 3.93. The molecule has 0 radical (unpaired) electrons. The van der Waals surface area contributed by atoms with Gasteiger partial charge in [0.15, 0.2) is 0 Å². The van der Waals surface area contributed by atoms with Gasteiger partial charge >= 0.3 is 0 Å². The highest BCUT2D eigenvalue weighted by molar-refractivity contribution is 7.07. The van der Waals surface area contributed by atoms with Crippen LogP contribution in [0.15, 0.2) is 23.0 Å². The van der Waals surface area contributed by atoms with Gasteiger partial charge in [-0.25, -0.2) is 13.8 Å². The standard InChI is InChI=1S/C13H14F2N2S/c1-3-17(4-2)13-6-10(14)9(5-11(13)15)12-7-18-8-16-12/h5-8H,3-4H2,1-2H3. The molecule has 1 heterocycles. The summed E-state index contributed by atoms with van der Waals surface area (Å²) < 4.78 is 28.0. The molecule has 0 aliphatic heterocycles. The highest BCUT2D eigenvalue weighted by Crippen LogP contribution is 2.29. The Kier molecular flexibility index (Phi) is 3.91. The van der Waals surface area contributed by atoms with E-state index in [0.717, 1.165) is 0 Å². The van der Waals surface area contributed by atoms with Crippen LogP contribution in [0.4, 0.5) is 14.5 Å². The molecule has 0 bridgehead atoms. The first-order valence-corrected chi connectivity index (χ1v) is 6.74. The van der Waals surface area contributed by atoms with Crippen LogP contribution in [-0.4, -0.2) is 18.1 Å². The van der Waals surface area contributed by atoms with Crippen LogP contribution in [0.1, 0.15) is 13.8 Å². The summed E-state index contributed by atoms with van der Waals surface area (Å²) in [5, 5.41) is 1.70. The lowest BCUT2D eigenvalue weighted by Gasteiger charge is -2.22. The zero-order chi connectivity index (χ0) is 13.1. The molecule has 1 aromatic carbocycles. The minimum absolute atomic E-state index is 0.213. The summed E-state index contributed by atoms with van der Waals surface area (Å²) in [7, 11) is 0. The van der Waals surface area contributed by atoms with Crippen molar-refractivity contribution in [1.82, 2.24) is 4.98 Å². The van der Waals surface area contributed by atoms with Crippen molar-refractivity contribution in [3.63, 3.8) is 0 Å². The van der Waals surface area contributed by atoms with Gasteiger partial charge in [-0.3, -0.25) is 0 Å². The maximum absolute atomic E-state index is 14.0. The third kappa shape index (κ3) is 2.36. The van der Waals surface area contributed by atoms with Gasteiger partial charge in [0, 0.05) is 30.1 Å². The van der Waals surface area contributed by atoms with E-state index in [4.69, 9.17) is 0 Å². The molecule has 1 aromatic heterocycles. The Morgan fingerprint density at radius 2 is 1.89 bits per heavy atom. The Morgan fingerprint density at radius 3 is 2.44 bits per heavy atom. The molecule has 2 nitrogen and oxygen atoms in total. The van der Waals surface area contributed by atoms with Gasteiger partial charge in [0.2, 0.25) is 0 Å². The topological polar surface area (TPSA) is 16.1 Å². The number of rotatable bonds is 4. The van der Waals surface area contributed by atoms with Crippen molar-refractivity contribution in [1.29, 1.82) is 0 Å². The molecular formula is C13H14F2N2S. The fourth-order valence-electron chi connectivity index (χ4n) is 1.88. The molecule has 0 aliphatic rings. The molecule has 0 N–H and O–H groups in total. The molecular weight excluding hydrogens is 254 g/mol. The van der Waals surface area contributed by atoms with E-state index in [1.807, 2.05) is 13.8 Å². The molecule has 96 valence electrons. The summed E-state index contributed by atoms with van der Waals surface area (Å²) in [6.07, 6.45) is 0. The third-order valence-electron chi connectivity index (χ3n) is 2.85. The van der Waals surface area contributed by atoms with Gasteiger partial charge in [-0.1, -0.05) is 0 Å². The fourth-order valence-corrected chi connectivity index (χ4v) is 2.44. The van der Waals surface area contributed by atoms with Crippen molar-refractivity contribution in [2.24, 2.45) is 0 Å². The van der Waals surface area contributed by atoms with Crippen LogP contribution in [0.5, 0.6) is 0 Å². The zero-order valence-electron chi connectivity index (χ0n) is 10.3. The van der Waals surface area contributed by atoms with E-state index in [-0.39, 0.29) is 5.56 Å². The van der Waals surface area contributed by atoms with Crippen LogP contribution >= 0.6 is 11.3 Å². The minimum Gasteiger partial charge on any atom is -0.370 e. The highest BCUT2D eigenvalue weighted by atomic mass is 32.1. The zero-order valence-corrected chi connectivity index (χ0v) is 11.1. The number of hydrogen-bond donors (Lipinski definition) is 0. The maximum atomic E-state index is 14.0. The molecule has 18 heavy (non-hydrogen) atoms. The lowest BCUT2D eigenvalue weighted by molar-refractivity contribution is 0.597. The van der Waals surface area contributed by atoms with E-state index >= 15 is 0 Å². The largest absolute Gasteiger partial charge is 0.370 e. The molecule has 2 aromatic rings. The van der Waals surface area contributed by atoms with Gasteiger partial charge in [0.25, 0.3) is 0 Å². The molecule has 0 atom stereocenters. The van der Waals surface area contributed by atoms with Crippen LogP contribution in [0.2, 0.25) is 0 Å². The summed E-state index contributed by atoms with van der Waals surface area (Å²) in [5.41, 5.74) is 2.59. The number of anilines is 1. The molecule has 5 heteroatoms. The first-order valence-electron chi connectivity index (χ1n) is 5.79. The summed E-state index contributed by atoms with van der Waals surface area (Å²) in [4.78, 5) is 5.78. The number of hydrogen-bond acceptors (Lipinski definition) is 3. The van der Waals surface area contributed by atoms with Crippen LogP contribution in [-0.2, 0) is 0 Å². The van der Waals surface area contributed by atoms with Gasteiger partial charge in [0.05, 0.1) is 16.9 Å². The molecule has 0 saturated heterocycles. The molecule has 0 saturated carbocycles. The molecule has 0 aliphatic carbocycles. The lowest BCUT2D eigenvalue weighted by atomic mass is 10.1. The normalized spacial score (nSPS) is 10.7. The number of nitrogens with zero attached hydrogens (tertiary/aromatic N) is 2. The van der Waals surface area contributed by atoms with Gasteiger partial charge in [-0.15, -0.1) is 11.3 Å². The first-order chi connectivity index (χ1) is 8.67. The molecule has 0 fully saturated rings. The highest BCUT2D eigenvalue weighted by Gasteiger charge is 2.15. The van der Waals surface area contributed by atoms with Crippen LogP contribution in [0.3, 0.4) is 0 Å². The SMILES string of the molecule is CCN(CC)c1cc(F)c(-c2cscn2)cc1F. The van der Waals surface area contributed by atoms with Crippen LogP contribution in [0.25, 0.3) is 11.3 Å². The number of aromatic nitrogens is 1. The van der Waals surface area contributed by atoms with Gasteiger partial charge in [-0.2, -0.15) is 0 Å². The van der Waals surface area contributed by atoms with Crippen molar-refractivity contribution < 1.29 is 8.78 Å². The Morgan fingerprint density at radius 1 is 1.17 bits per heavy atom. The first kappa shape index (κ1) is 13.0. The summed E-state index contributed by atoms with van der Waals surface area (Å²) in [5.74, 6) is -0.854. The Labute approximate surface area is 109 Å². The average molecular weight is 268 g/mol. The monoisotopic (exact) mass is 268 g/mol. The van der Waals surface area contributed by atoms with Crippen molar-refractivity contribution in [2.45, 2.75) is 13.8 Å². The quantitative estimate of drug-likeness (QED) is 0.835. The lowest BCUT2D eigenvalue weighted by Crippen LogP contribution is -2.23. The van der Waals surface area contributed by atoms with E-state index in [1.165, 1.54) is 23.5 Å². The van der Waals surface area contributed by atoms with Crippen molar-refractivity contribution in [3.8, 4) is 11.3 Å².